The fraction of sp³-hybridized carbons (Fsp3) is 0.556. The quantitative estimate of drug-likeness (QED) is 0.363. The zero-order valence-electron chi connectivity index (χ0n) is 12.9. The molecule has 3 nitrogen and oxygen atoms in total. The maximum Gasteiger partial charge on any atom is 0.0701 e. The number of terminal acetylenes is 2. The molecule has 0 aromatic heterocycles. The van der Waals surface area contributed by atoms with Crippen LogP contribution in [0, 0.1) is 24.7 Å². The number of hydrogen-bond donors (Lipinski definition) is 0. The lowest BCUT2D eigenvalue weighted by Gasteiger charge is -2.06. The van der Waals surface area contributed by atoms with Gasteiger partial charge in [0.25, 0.3) is 0 Å². The van der Waals surface area contributed by atoms with Crippen molar-refractivity contribution in [3.63, 3.8) is 0 Å². The first kappa shape index (κ1) is 19.5. The number of ether oxygens (including phenoxy) is 3. The van der Waals surface area contributed by atoms with E-state index >= 15 is 0 Å². The van der Waals surface area contributed by atoms with E-state index in [4.69, 9.17) is 27.1 Å². The van der Waals surface area contributed by atoms with Crippen LogP contribution in [0.5, 0.6) is 0 Å². The van der Waals surface area contributed by atoms with Gasteiger partial charge in [-0.2, -0.15) is 0 Å². The Morgan fingerprint density at radius 1 is 0.667 bits per heavy atom. The Morgan fingerprint density at radius 3 is 1.33 bits per heavy atom. The van der Waals surface area contributed by atoms with Crippen molar-refractivity contribution in [1.29, 1.82) is 0 Å². The minimum Gasteiger partial charge on any atom is -0.379 e. The van der Waals surface area contributed by atoms with Crippen LogP contribution in [0.2, 0.25) is 0 Å². The van der Waals surface area contributed by atoms with Gasteiger partial charge >= 0.3 is 0 Å². The average Bonchev–Trinajstić information content (AvgIpc) is 2.51. The van der Waals surface area contributed by atoms with Crippen molar-refractivity contribution in [1.82, 2.24) is 0 Å². The molecule has 0 rings (SSSR count). The van der Waals surface area contributed by atoms with Crippen LogP contribution in [0.15, 0.2) is 24.3 Å². The van der Waals surface area contributed by atoms with E-state index in [0.717, 1.165) is 36.8 Å². The molecule has 21 heavy (non-hydrogen) atoms. The third-order valence-corrected chi connectivity index (χ3v) is 2.69. The number of hydrogen-bond acceptors (Lipinski definition) is 3. The Morgan fingerprint density at radius 2 is 1.00 bits per heavy atom. The molecule has 0 radical (unpaired) electrons. The summed E-state index contributed by atoms with van der Waals surface area (Å²) >= 11 is 0. The van der Waals surface area contributed by atoms with Gasteiger partial charge in [0.15, 0.2) is 0 Å². The number of allylic oxidation sites excluding steroid dienone is 2. The van der Waals surface area contributed by atoms with E-state index in [9.17, 15) is 0 Å². The average molecular weight is 290 g/mol. The summed E-state index contributed by atoms with van der Waals surface area (Å²) in [4.78, 5) is 0. The van der Waals surface area contributed by atoms with Gasteiger partial charge in [-0.05, 0) is 36.8 Å². The molecule has 116 valence electrons. The van der Waals surface area contributed by atoms with E-state index in [1.807, 2.05) is 0 Å². The Kier molecular flexibility index (Phi) is 13.8. The van der Waals surface area contributed by atoms with Crippen LogP contribution < -0.4 is 0 Å². The van der Waals surface area contributed by atoms with Gasteiger partial charge in [-0.3, -0.25) is 0 Å². The van der Waals surface area contributed by atoms with Crippen LogP contribution in [0.25, 0.3) is 0 Å². The largest absolute Gasteiger partial charge is 0.379 e. The fourth-order valence-electron chi connectivity index (χ4n) is 1.46. The van der Waals surface area contributed by atoms with Crippen molar-refractivity contribution in [2.45, 2.75) is 25.7 Å². The summed E-state index contributed by atoms with van der Waals surface area (Å²) < 4.78 is 16.2. The molecule has 0 spiro atoms. The normalized spacial score (nSPS) is 9.81. The Labute approximate surface area is 129 Å². The topological polar surface area (TPSA) is 27.7 Å². The zero-order valence-corrected chi connectivity index (χ0v) is 12.9. The van der Waals surface area contributed by atoms with E-state index in [1.165, 1.54) is 0 Å². The van der Waals surface area contributed by atoms with Crippen LogP contribution >= 0.6 is 0 Å². The maximum absolute atomic E-state index is 5.41. The van der Waals surface area contributed by atoms with Crippen LogP contribution in [0.4, 0.5) is 0 Å². The fourth-order valence-corrected chi connectivity index (χ4v) is 1.46. The van der Waals surface area contributed by atoms with E-state index in [-0.39, 0.29) is 0 Å². The SMILES string of the molecule is C#CC(=C)CCCOCCOCCOCCCC(=C)C#C. The van der Waals surface area contributed by atoms with Gasteiger partial charge in [0.2, 0.25) is 0 Å². The molecule has 3 heteroatoms. The van der Waals surface area contributed by atoms with Crippen LogP contribution in [-0.4, -0.2) is 39.6 Å². The summed E-state index contributed by atoms with van der Waals surface area (Å²) in [6.45, 7) is 11.2. The molecule has 0 aromatic carbocycles. The molecule has 0 aliphatic rings. The Balaban J connectivity index is 3.10. The van der Waals surface area contributed by atoms with Crippen LogP contribution in [-0.2, 0) is 14.2 Å². The highest BCUT2D eigenvalue weighted by Gasteiger charge is 1.94. The van der Waals surface area contributed by atoms with E-state index in [0.29, 0.717) is 39.6 Å². The second-order valence-corrected chi connectivity index (χ2v) is 4.54. The minimum atomic E-state index is 0.577. The van der Waals surface area contributed by atoms with Gasteiger partial charge in [-0.1, -0.05) is 25.0 Å². The smallest absolute Gasteiger partial charge is 0.0701 e. The molecule has 0 saturated carbocycles. The first-order valence-electron chi connectivity index (χ1n) is 7.22. The minimum absolute atomic E-state index is 0.577. The third-order valence-electron chi connectivity index (χ3n) is 2.69. The van der Waals surface area contributed by atoms with Crippen molar-refractivity contribution in [3.05, 3.63) is 24.3 Å². The van der Waals surface area contributed by atoms with Crippen molar-refractivity contribution in [2.75, 3.05) is 39.6 Å². The highest BCUT2D eigenvalue weighted by Crippen LogP contribution is 2.01. The summed E-state index contributed by atoms with van der Waals surface area (Å²) in [5.74, 6) is 5.02. The summed E-state index contributed by atoms with van der Waals surface area (Å²) in [5.41, 5.74) is 1.63. The van der Waals surface area contributed by atoms with E-state index < -0.39 is 0 Å². The molecule has 0 N–H and O–H groups in total. The third kappa shape index (κ3) is 14.7. The first-order valence-corrected chi connectivity index (χ1v) is 7.22. The monoisotopic (exact) mass is 290 g/mol. The molecule has 0 saturated heterocycles. The maximum atomic E-state index is 5.41. The molecular weight excluding hydrogens is 264 g/mol. The highest BCUT2D eigenvalue weighted by atomic mass is 16.5. The predicted octanol–water partition coefficient (Wildman–Crippen LogP) is 2.98. The Hall–Kier alpha value is -1.52. The van der Waals surface area contributed by atoms with Gasteiger partial charge in [0.05, 0.1) is 26.4 Å². The molecular formula is C18H26O3. The summed E-state index contributed by atoms with van der Waals surface area (Å²) in [6.07, 6.45) is 13.8. The molecule has 0 bridgehead atoms. The summed E-state index contributed by atoms with van der Waals surface area (Å²) in [6, 6.07) is 0. The molecule has 0 heterocycles. The first-order chi connectivity index (χ1) is 10.2. The van der Waals surface area contributed by atoms with E-state index in [1.54, 1.807) is 0 Å². The predicted molar refractivity (Wildman–Crippen MR) is 86.9 cm³/mol. The lowest BCUT2D eigenvalue weighted by atomic mass is 10.2. The molecule has 0 atom stereocenters. The van der Waals surface area contributed by atoms with Crippen molar-refractivity contribution in [2.24, 2.45) is 0 Å². The van der Waals surface area contributed by atoms with Crippen LogP contribution in [0.1, 0.15) is 25.7 Å². The molecule has 0 aromatic rings. The molecule has 0 aliphatic heterocycles. The number of rotatable bonds is 14. The summed E-state index contributed by atoms with van der Waals surface area (Å²) in [7, 11) is 0. The van der Waals surface area contributed by atoms with Crippen molar-refractivity contribution >= 4 is 0 Å². The Bertz CT molecular complexity index is 335. The lowest BCUT2D eigenvalue weighted by molar-refractivity contribution is 0.0139. The molecule has 0 fully saturated rings. The van der Waals surface area contributed by atoms with Gasteiger partial charge in [-0.15, -0.1) is 12.8 Å². The van der Waals surface area contributed by atoms with Crippen molar-refractivity contribution in [3.8, 4) is 24.7 Å². The lowest BCUT2D eigenvalue weighted by Crippen LogP contribution is -2.10. The molecule has 0 amide bonds. The standard InChI is InChI=1S/C18H26O3/c1-5-17(3)9-7-11-19-13-15-21-16-14-20-12-8-10-18(4)6-2/h1-2H,3-4,7-16H2. The molecule has 0 aliphatic carbocycles. The van der Waals surface area contributed by atoms with Crippen LogP contribution in [0.3, 0.4) is 0 Å². The second-order valence-electron chi connectivity index (χ2n) is 4.54. The van der Waals surface area contributed by atoms with Crippen molar-refractivity contribution < 1.29 is 14.2 Å². The van der Waals surface area contributed by atoms with Gasteiger partial charge in [-0.25, -0.2) is 0 Å². The van der Waals surface area contributed by atoms with E-state index in [2.05, 4.69) is 25.0 Å². The zero-order chi connectivity index (χ0) is 15.8. The highest BCUT2D eigenvalue weighted by molar-refractivity contribution is 5.21. The van der Waals surface area contributed by atoms with Gasteiger partial charge in [0.1, 0.15) is 0 Å². The second kappa shape index (κ2) is 14.9. The summed E-state index contributed by atoms with van der Waals surface area (Å²) in [5, 5.41) is 0. The van der Waals surface area contributed by atoms with Gasteiger partial charge in [0, 0.05) is 13.2 Å². The molecule has 0 unspecified atom stereocenters. The van der Waals surface area contributed by atoms with Gasteiger partial charge < -0.3 is 14.2 Å².